The van der Waals surface area contributed by atoms with Crippen molar-refractivity contribution >= 4 is 16.8 Å². The van der Waals surface area contributed by atoms with Gasteiger partial charge in [-0.3, -0.25) is 9.48 Å². The largest absolute Gasteiger partial charge is 0.481 e. The first-order valence-corrected chi connectivity index (χ1v) is 7.43. The van der Waals surface area contributed by atoms with Gasteiger partial charge in [0.05, 0.1) is 18.8 Å². The van der Waals surface area contributed by atoms with Gasteiger partial charge in [0.1, 0.15) is 6.54 Å². The zero-order valence-corrected chi connectivity index (χ0v) is 12.9. The summed E-state index contributed by atoms with van der Waals surface area (Å²) in [7, 11) is 1.59. The average molecular weight is 310 g/mol. The summed E-state index contributed by atoms with van der Waals surface area (Å²) in [5, 5.41) is 8.17. The molecule has 0 atom stereocenters. The molecule has 23 heavy (non-hydrogen) atoms. The van der Waals surface area contributed by atoms with E-state index in [9.17, 15) is 4.79 Å². The number of aromatic nitrogens is 3. The Bertz CT molecular complexity index is 813. The second-order valence-corrected chi connectivity index (χ2v) is 5.13. The van der Waals surface area contributed by atoms with E-state index in [-0.39, 0.29) is 12.5 Å². The molecule has 3 rings (SSSR count). The zero-order chi connectivity index (χ0) is 16.1. The molecule has 0 spiro atoms. The fourth-order valence-corrected chi connectivity index (χ4v) is 2.38. The van der Waals surface area contributed by atoms with Crippen LogP contribution in [0.2, 0.25) is 0 Å². The minimum atomic E-state index is -0.0678. The number of nitrogens with zero attached hydrogens (tertiary/aromatic N) is 3. The number of rotatable bonds is 6. The maximum atomic E-state index is 12.1. The number of methoxy groups -OCH3 is 1. The van der Waals surface area contributed by atoms with Crippen molar-refractivity contribution < 1.29 is 9.53 Å². The lowest BCUT2D eigenvalue weighted by Gasteiger charge is -2.07. The summed E-state index contributed by atoms with van der Waals surface area (Å²) in [4.78, 5) is 16.4. The monoisotopic (exact) mass is 310 g/mol. The van der Waals surface area contributed by atoms with E-state index in [1.807, 2.05) is 36.4 Å². The molecule has 6 nitrogen and oxygen atoms in total. The third kappa shape index (κ3) is 3.66. The molecule has 3 aromatic rings. The van der Waals surface area contributed by atoms with Crippen LogP contribution in [0.3, 0.4) is 0 Å². The second kappa shape index (κ2) is 6.91. The van der Waals surface area contributed by atoms with Crippen LogP contribution in [0.1, 0.15) is 5.69 Å². The van der Waals surface area contributed by atoms with E-state index in [1.165, 1.54) is 0 Å². The molecule has 0 unspecified atom stereocenters. The molecule has 1 aromatic carbocycles. The summed E-state index contributed by atoms with van der Waals surface area (Å²) in [6.07, 6.45) is 2.42. The van der Waals surface area contributed by atoms with E-state index < -0.39 is 0 Å². The van der Waals surface area contributed by atoms with Crippen LogP contribution < -0.4 is 10.1 Å². The van der Waals surface area contributed by atoms with E-state index in [4.69, 9.17) is 4.74 Å². The molecule has 118 valence electrons. The maximum Gasteiger partial charge on any atom is 0.241 e. The zero-order valence-electron chi connectivity index (χ0n) is 12.9. The molecule has 0 bridgehead atoms. The van der Waals surface area contributed by atoms with Gasteiger partial charge in [-0.2, -0.15) is 5.10 Å². The van der Waals surface area contributed by atoms with Crippen LogP contribution in [0.4, 0.5) is 0 Å². The van der Waals surface area contributed by atoms with Crippen LogP contribution >= 0.6 is 0 Å². The van der Waals surface area contributed by atoms with Gasteiger partial charge in [0.15, 0.2) is 0 Å². The Kier molecular flexibility index (Phi) is 4.52. The Labute approximate surface area is 134 Å². The molecule has 0 saturated heterocycles. The molecule has 0 fully saturated rings. The van der Waals surface area contributed by atoms with Crippen molar-refractivity contribution in [3.05, 3.63) is 54.4 Å². The molecule has 6 heteroatoms. The standard InChI is InChI=1S/C17H18N4O2/c1-23-17-8-4-6-14(20-17)9-10-18-16(22)12-21-15-7-3-2-5-13(15)11-19-21/h2-8,11H,9-10,12H2,1H3,(H,18,22). The first kappa shape index (κ1) is 15.0. The van der Waals surface area contributed by atoms with Gasteiger partial charge in [-0.1, -0.05) is 24.3 Å². The highest BCUT2D eigenvalue weighted by Crippen LogP contribution is 2.12. The molecule has 0 saturated carbocycles. The molecule has 0 aliphatic heterocycles. The predicted molar refractivity (Wildman–Crippen MR) is 87.2 cm³/mol. The highest BCUT2D eigenvalue weighted by Gasteiger charge is 2.07. The number of ether oxygens (including phenoxy) is 1. The SMILES string of the molecule is COc1cccc(CCNC(=O)Cn2ncc3ccccc32)n1. The number of nitrogens with one attached hydrogen (secondary N) is 1. The van der Waals surface area contributed by atoms with Crippen molar-refractivity contribution in [2.24, 2.45) is 0 Å². The smallest absolute Gasteiger partial charge is 0.241 e. The fourth-order valence-electron chi connectivity index (χ4n) is 2.38. The lowest BCUT2D eigenvalue weighted by Crippen LogP contribution is -2.29. The summed E-state index contributed by atoms with van der Waals surface area (Å²) < 4.78 is 6.79. The number of hydrogen-bond donors (Lipinski definition) is 1. The molecule has 0 aliphatic rings. The topological polar surface area (TPSA) is 69.0 Å². The molecular weight excluding hydrogens is 292 g/mol. The normalized spacial score (nSPS) is 10.7. The molecule has 0 radical (unpaired) electrons. The van der Waals surface area contributed by atoms with Gasteiger partial charge in [0.25, 0.3) is 0 Å². The molecule has 0 aliphatic carbocycles. The Morgan fingerprint density at radius 1 is 1.22 bits per heavy atom. The number of pyridine rings is 1. The summed E-state index contributed by atoms with van der Waals surface area (Å²) in [6.45, 7) is 0.733. The van der Waals surface area contributed by atoms with Gasteiger partial charge >= 0.3 is 0 Å². The van der Waals surface area contributed by atoms with Crippen molar-refractivity contribution in [2.75, 3.05) is 13.7 Å². The molecule has 2 aromatic heterocycles. The van der Waals surface area contributed by atoms with Gasteiger partial charge in [0, 0.05) is 30.1 Å². The van der Waals surface area contributed by atoms with Gasteiger partial charge in [-0.05, 0) is 12.1 Å². The van der Waals surface area contributed by atoms with Crippen molar-refractivity contribution in [1.29, 1.82) is 0 Å². The number of para-hydroxylation sites is 1. The number of carbonyl (C=O) groups is 1. The Balaban J connectivity index is 1.53. The van der Waals surface area contributed by atoms with E-state index in [0.717, 1.165) is 16.6 Å². The van der Waals surface area contributed by atoms with Crippen molar-refractivity contribution in [3.8, 4) is 5.88 Å². The Hall–Kier alpha value is -2.89. The quantitative estimate of drug-likeness (QED) is 0.754. The van der Waals surface area contributed by atoms with Gasteiger partial charge in [0.2, 0.25) is 11.8 Å². The van der Waals surface area contributed by atoms with Crippen molar-refractivity contribution in [1.82, 2.24) is 20.1 Å². The van der Waals surface area contributed by atoms with Crippen LogP contribution in [0.5, 0.6) is 5.88 Å². The van der Waals surface area contributed by atoms with Crippen molar-refractivity contribution in [3.63, 3.8) is 0 Å². The third-order valence-corrected chi connectivity index (χ3v) is 3.54. The van der Waals surface area contributed by atoms with Crippen LogP contribution in [0, 0.1) is 0 Å². The summed E-state index contributed by atoms with van der Waals surface area (Å²) in [5.74, 6) is 0.513. The highest BCUT2D eigenvalue weighted by atomic mass is 16.5. The lowest BCUT2D eigenvalue weighted by atomic mass is 10.2. The Morgan fingerprint density at radius 3 is 2.96 bits per heavy atom. The minimum absolute atomic E-state index is 0.0678. The number of hydrogen-bond acceptors (Lipinski definition) is 4. The maximum absolute atomic E-state index is 12.1. The molecule has 1 amide bonds. The molecule has 1 N–H and O–H groups in total. The predicted octanol–water partition coefficient (Wildman–Crippen LogP) is 1.80. The van der Waals surface area contributed by atoms with E-state index in [1.54, 1.807) is 24.1 Å². The van der Waals surface area contributed by atoms with Crippen molar-refractivity contribution in [2.45, 2.75) is 13.0 Å². The number of amides is 1. The minimum Gasteiger partial charge on any atom is -0.481 e. The van der Waals surface area contributed by atoms with Crippen LogP contribution in [-0.2, 0) is 17.8 Å². The molecule has 2 heterocycles. The number of carbonyl (C=O) groups excluding carboxylic acids is 1. The Morgan fingerprint density at radius 2 is 2.09 bits per heavy atom. The van der Waals surface area contributed by atoms with Gasteiger partial charge < -0.3 is 10.1 Å². The average Bonchev–Trinajstić information content (AvgIpc) is 2.98. The van der Waals surface area contributed by atoms with Gasteiger partial charge in [-0.15, -0.1) is 0 Å². The van der Waals surface area contributed by atoms with E-state index in [2.05, 4.69) is 15.4 Å². The number of benzene rings is 1. The molecular formula is C17H18N4O2. The first-order chi connectivity index (χ1) is 11.3. The number of fused-ring (bicyclic) bond motifs is 1. The highest BCUT2D eigenvalue weighted by molar-refractivity contribution is 5.81. The third-order valence-electron chi connectivity index (χ3n) is 3.54. The first-order valence-electron chi connectivity index (χ1n) is 7.43. The summed E-state index contributed by atoms with van der Waals surface area (Å²) >= 11 is 0. The van der Waals surface area contributed by atoms with Crippen LogP contribution in [0.15, 0.2) is 48.7 Å². The van der Waals surface area contributed by atoms with Crippen LogP contribution in [-0.4, -0.2) is 34.3 Å². The van der Waals surface area contributed by atoms with Gasteiger partial charge in [-0.25, -0.2) is 4.98 Å². The van der Waals surface area contributed by atoms with E-state index in [0.29, 0.717) is 18.8 Å². The lowest BCUT2D eigenvalue weighted by molar-refractivity contribution is -0.121. The fraction of sp³-hybridized carbons (Fsp3) is 0.235. The second-order valence-electron chi connectivity index (χ2n) is 5.13. The van der Waals surface area contributed by atoms with Crippen LogP contribution in [0.25, 0.3) is 10.9 Å². The summed E-state index contributed by atoms with van der Waals surface area (Å²) in [6, 6.07) is 13.4. The van der Waals surface area contributed by atoms with E-state index >= 15 is 0 Å². The summed E-state index contributed by atoms with van der Waals surface area (Å²) in [5.41, 5.74) is 1.84.